The Morgan fingerprint density at radius 1 is 1.29 bits per heavy atom. The highest BCUT2D eigenvalue weighted by Gasteiger charge is 2.17. The fraction of sp³-hybridized carbons (Fsp3) is 0.471. The third-order valence-corrected chi connectivity index (χ3v) is 4.89. The number of nitrogens with one attached hydrogen (secondary N) is 1. The smallest absolute Gasteiger partial charge is 0.0548 e. The van der Waals surface area contributed by atoms with Gasteiger partial charge in [0.2, 0.25) is 0 Å². The SMILES string of the molecule is CCCNCc1cccc(CN2CCc3sccc3C2)n1. The molecule has 3 nitrogen and oxygen atoms in total. The Hall–Kier alpha value is -1.23. The van der Waals surface area contributed by atoms with Crippen LogP contribution >= 0.6 is 11.3 Å². The van der Waals surface area contributed by atoms with Gasteiger partial charge in [0.1, 0.15) is 0 Å². The maximum Gasteiger partial charge on any atom is 0.0548 e. The van der Waals surface area contributed by atoms with E-state index in [9.17, 15) is 0 Å². The standard InChI is InChI=1S/C17H23N3S/c1-2-8-18-11-15-4-3-5-16(19-15)13-20-9-6-17-14(12-20)7-10-21-17/h3-5,7,10,18H,2,6,8-9,11-13H2,1H3. The van der Waals surface area contributed by atoms with Gasteiger partial charge in [-0.3, -0.25) is 9.88 Å². The summed E-state index contributed by atoms with van der Waals surface area (Å²) in [5.74, 6) is 0. The third kappa shape index (κ3) is 3.90. The molecule has 3 rings (SSSR count). The molecule has 3 heterocycles. The van der Waals surface area contributed by atoms with Crippen LogP contribution in [0.4, 0.5) is 0 Å². The van der Waals surface area contributed by atoms with Crippen LogP contribution in [0.15, 0.2) is 29.6 Å². The summed E-state index contributed by atoms with van der Waals surface area (Å²) in [4.78, 5) is 8.85. The summed E-state index contributed by atoms with van der Waals surface area (Å²) in [5.41, 5.74) is 3.84. The highest BCUT2D eigenvalue weighted by molar-refractivity contribution is 7.10. The summed E-state index contributed by atoms with van der Waals surface area (Å²) in [5, 5.41) is 5.63. The Morgan fingerprint density at radius 3 is 3.10 bits per heavy atom. The highest BCUT2D eigenvalue weighted by Crippen LogP contribution is 2.24. The fourth-order valence-electron chi connectivity index (χ4n) is 2.78. The van der Waals surface area contributed by atoms with Crippen molar-refractivity contribution in [2.75, 3.05) is 13.1 Å². The summed E-state index contributed by atoms with van der Waals surface area (Å²) < 4.78 is 0. The maximum atomic E-state index is 4.78. The average molecular weight is 301 g/mol. The van der Waals surface area contributed by atoms with Gasteiger partial charge in [-0.15, -0.1) is 11.3 Å². The molecule has 0 bridgehead atoms. The molecule has 0 unspecified atom stereocenters. The first-order valence-corrected chi connectivity index (χ1v) is 8.66. The van der Waals surface area contributed by atoms with Crippen LogP contribution in [-0.4, -0.2) is 23.0 Å². The molecule has 1 N–H and O–H groups in total. The largest absolute Gasteiger partial charge is 0.311 e. The first-order valence-electron chi connectivity index (χ1n) is 7.78. The van der Waals surface area contributed by atoms with Gasteiger partial charge < -0.3 is 5.32 Å². The van der Waals surface area contributed by atoms with E-state index in [1.807, 2.05) is 11.3 Å². The van der Waals surface area contributed by atoms with Crippen LogP contribution in [-0.2, 0) is 26.1 Å². The molecular weight excluding hydrogens is 278 g/mol. The number of pyridine rings is 1. The summed E-state index contributed by atoms with van der Waals surface area (Å²) in [6, 6.07) is 8.65. The fourth-order valence-corrected chi connectivity index (χ4v) is 3.67. The zero-order chi connectivity index (χ0) is 14.5. The Morgan fingerprint density at radius 2 is 2.19 bits per heavy atom. The second-order valence-corrected chi connectivity index (χ2v) is 6.63. The van der Waals surface area contributed by atoms with Crippen molar-refractivity contribution in [3.8, 4) is 0 Å². The number of rotatable bonds is 6. The second-order valence-electron chi connectivity index (χ2n) is 5.63. The molecule has 0 radical (unpaired) electrons. The van der Waals surface area contributed by atoms with E-state index in [1.54, 1.807) is 4.88 Å². The van der Waals surface area contributed by atoms with Crippen LogP contribution in [0.1, 0.15) is 35.2 Å². The van der Waals surface area contributed by atoms with Crippen molar-refractivity contribution in [2.24, 2.45) is 0 Å². The van der Waals surface area contributed by atoms with Crippen molar-refractivity contribution in [1.29, 1.82) is 0 Å². The number of hydrogen-bond donors (Lipinski definition) is 1. The predicted octanol–water partition coefficient (Wildman–Crippen LogP) is 3.20. The Kier molecular flexibility index (Phi) is 5.01. The zero-order valence-electron chi connectivity index (χ0n) is 12.6. The number of hydrogen-bond acceptors (Lipinski definition) is 4. The Balaban J connectivity index is 1.59. The molecule has 1 aliphatic heterocycles. The van der Waals surface area contributed by atoms with Gasteiger partial charge in [0.15, 0.2) is 0 Å². The predicted molar refractivity (Wildman–Crippen MR) is 88.4 cm³/mol. The molecule has 0 atom stereocenters. The van der Waals surface area contributed by atoms with Crippen LogP contribution in [0.5, 0.6) is 0 Å². The van der Waals surface area contributed by atoms with Gasteiger partial charge in [-0.1, -0.05) is 13.0 Å². The van der Waals surface area contributed by atoms with Gasteiger partial charge in [-0.25, -0.2) is 0 Å². The van der Waals surface area contributed by atoms with Crippen LogP contribution in [0.2, 0.25) is 0 Å². The van der Waals surface area contributed by atoms with E-state index in [4.69, 9.17) is 4.98 Å². The van der Waals surface area contributed by atoms with E-state index in [1.165, 1.54) is 17.7 Å². The minimum atomic E-state index is 0.871. The van der Waals surface area contributed by atoms with Crippen molar-refractivity contribution >= 4 is 11.3 Å². The maximum absolute atomic E-state index is 4.78. The molecule has 2 aromatic rings. The van der Waals surface area contributed by atoms with Crippen molar-refractivity contribution in [3.05, 3.63) is 51.5 Å². The van der Waals surface area contributed by atoms with Gasteiger partial charge in [-0.05, 0) is 48.5 Å². The average Bonchev–Trinajstić information content (AvgIpc) is 2.95. The normalized spacial score (nSPS) is 15.1. The minimum absolute atomic E-state index is 0.871. The van der Waals surface area contributed by atoms with Gasteiger partial charge in [0.05, 0.1) is 11.4 Å². The quantitative estimate of drug-likeness (QED) is 0.831. The molecule has 1 aliphatic rings. The lowest BCUT2D eigenvalue weighted by atomic mass is 10.1. The first kappa shape index (κ1) is 14.7. The molecule has 0 saturated carbocycles. The van der Waals surface area contributed by atoms with Crippen LogP contribution in [0.25, 0.3) is 0 Å². The lowest BCUT2D eigenvalue weighted by Crippen LogP contribution is -2.29. The van der Waals surface area contributed by atoms with Gasteiger partial charge in [-0.2, -0.15) is 0 Å². The number of fused-ring (bicyclic) bond motifs is 1. The molecule has 0 spiro atoms. The molecule has 0 aliphatic carbocycles. The van der Waals surface area contributed by atoms with E-state index in [0.29, 0.717) is 0 Å². The summed E-state index contributed by atoms with van der Waals surface area (Å²) in [7, 11) is 0. The molecule has 2 aromatic heterocycles. The summed E-state index contributed by atoms with van der Waals surface area (Å²) >= 11 is 1.90. The molecule has 0 amide bonds. The van der Waals surface area contributed by atoms with Gasteiger partial charge in [0.25, 0.3) is 0 Å². The number of nitrogens with zero attached hydrogens (tertiary/aromatic N) is 2. The van der Waals surface area contributed by atoms with E-state index >= 15 is 0 Å². The number of aromatic nitrogens is 1. The van der Waals surface area contributed by atoms with Crippen molar-refractivity contribution < 1.29 is 0 Å². The molecule has 4 heteroatoms. The van der Waals surface area contributed by atoms with Crippen LogP contribution in [0.3, 0.4) is 0 Å². The summed E-state index contributed by atoms with van der Waals surface area (Å²) in [6.07, 6.45) is 2.35. The molecule has 0 fully saturated rings. The molecule has 0 aromatic carbocycles. The molecular formula is C17H23N3S. The zero-order valence-corrected chi connectivity index (χ0v) is 13.5. The van der Waals surface area contributed by atoms with Crippen LogP contribution in [0, 0.1) is 0 Å². The van der Waals surface area contributed by atoms with Crippen LogP contribution < -0.4 is 5.32 Å². The number of thiophene rings is 1. The summed E-state index contributed by atoms with van der Waals surface area (Å²) in [6.45, 7) is 7.28. The van der Waals surface area contributed by atoms with E-state index in [2.05, 4.69) is 46.8 Å². The highest BCUT2D eigenvalue weighted by atomic mass is 32.1. The third-order valence-electron chi connectivity index (χ3n) is 3.87. The van der Waals surface area contributed by atoms with Crippen molar-refractivity contribution in [2.45, 2.75) is 39.4 Å². The van der Waals surface area contributed by atoms with Gasteiger partial charge in [0, 0.05) is 31.1 Å². The lowest BCUT2D eigenvalue weighted by Gasteiger charge is -2.26. The molecule has 112 valence electrons. The monoisotopic (exact) mass is 301 g/mol. The molecule has 0 saturated heterocycles. The van der Waals surface area contributed by atoms with E-state index in [0.717, 1.165) is 44.8 Å². The van der Waals surface area contributed by atoms with Crippen molar-refractivity contribution in [1.82, 2.24) is 15.2 Å². The van der Waals surface area contributed by atoms with E-state index < -0.39 is 0 Å². The first-order chi connectivity index (χ1) is 10.3. The van der Waals surface area contributed by atoms with Crippen molar-refractivity contribution in [3.63, 3.8) is 0 Å². The Labute approximate surface area is 131 Å². The molecule has 21 heavy (non-hydrogen) atoms. The lowest BCUT2D eigenvalue weighted by molar-refractivity contribution is 0.244. The Bertz CT molecular complexity index is 579. The van der Waals surface area contributed by atoms with Gasteiger partial charge >= 0.3 is 0 Å². The second kappa shape index (κ2) is 7.16. The van der Waals surface area contributed by atoms with E-state index in [-0.39, 0.29) is 0 Å². The minimum Gasteiger partial charge on any atom is -0.311 e. The topological polar surface area (TPSA) is 28.2 Å².